The first-order chi connectivity index (χ1) is 14.1. The molecule has 2 N–H and O–H groups in total. The van der Waals surface area contributed by atoms with Gasteiger partial charge in [-0.05, 0) is 41.5 Å². The van der Waals surface area contributed by atoms with Crippen molar-refractivity contribution in [2.24, 2.45) is 0 Å². The van der Waals surface area contributed by atoms with Gasteiger partial charge >= 0.3 is 0 Å². The average Bonchev–Trinajstić information content (AvgIpc) is 3.19. The second-order valence-corrected chi connectivity index (χ2v) is 8.51. The van der Waals surface area contributed by atoms with Gasteiger partial charge in [-0.25, -0.2) is 13.1 Å². The maximum absolute atomic E-state index is 12.8. The molecule has 4 rings (SSSR count). The maximum atomic E-state index is 12.8. The second kappa shape index (κ2) is 7.92. The molecule has 0 saturated carbocycles. The fraction of sp³-hybridized carbons (Fsp3) is 0.0870. The predicted octanol–water partition coefficient (Wildman–Crippen LogP) is 4.15. The van der Waals surface area contributed by atoms with E-state index in [1.807, 2.05) is 66.9 Å². The van der Waals surface area contributed by atoms with Crippen LogP contribution in [0, 0.1) is 11.3 Å². The first-order valence-corrected chi connectivity index (χ1v) is 10.7. The van der Waals surface area contributed by atoms with Crippen molar-refractivity contribution in [1.82, 2.24) is 9.71 Å². The highest BCUT2D eigenvalue weighted by atomic mass is 32.2. The third-order valence-electron chi connectivity index (χ3n) is 4.97. The van der Waals surface area contributed by atoms with Gasteiger partial charge in [0.25, 0.3) is 0 Å². The number of hydrogen-bond donors (Lipinski definition) is 2. The van der Waals surface area contributed by atoms with Crippen molar-refractivity contribution < 1.29 is 8.42 Å². The van der Waals surface area contributed by atoms with Crippen molar-refractivity contribution >= 4 is 20.9 Å². The number of aromatic nitrogens is 1. The molecular formula is C23H19N3O2S. The molecule has 0 fully saturated rings. The van der Waals surface area contributed by atoms with Crippen LogP contribution in [0.25, 0.3) is 10.9 Å². The molecule has 1 heterocycles. The molecule has 3 aromatic carbocycles. The molecule has 1 aromatic heterocycles. The summed E-state index contributed by atoms with van der Waals surface area (Å²) in [6.45, 7) is 0.216. The van der Waals surface area contributed by atoms with Gasteiger partial charge in [-0.3, -0.25) is 0 Å². The fourth-order valence-electron chi connectivity index (χ4n) is 3.46. The van der Waals surface area contributed by atoms with Gasteiger partial charge in [-0.1, -0.05) is 48.5 Å². The van der Waals surface area contributed by atoms with E-state index in [9.17, 15) is 8.42 Å². The first-order valence-electron chi connectivity index (χ1n) is 9.19. The fourth-order valence-corrected chi connectivity index (χ4v) is 4.51. The molecule has 0 amide bonds. The molecule has 1 atom stereocenters. The number of aromatic amines is 1. The Labute approximate surface area is 169 Å². The number of nitrogens with zero attached hydrogens (tertiary/aromatic N) is 1. The normalized spacial score (nSPS) is 12.5. The molecule has 144 valence electrons. The summed E-state index contributed by atoms with van der Waals surface area (Å²) in [5.74, 6) is -0.152. The summed E-state index contributed by atoms with van der Waals surface area (Å²) in [7, 11) is -3.70. The van der Waals surface area contributed by atoms with Gasteiger partial charge in [0.05, 0.1) is 16.5 Å². The summed E-state index contributed by atoms with van der Waals surface area (Å²) < 4.78 is 28.3. The van der Waals surface area contributed by atoms with Gasteiger partial charge in [0.2, 0.25) is 10.0 Å². The minimum absolute atomic E-state index is 0.141. The van der Waals surface area contributed by atoms with Crippen LogP contribution in [0.3, 0.4) is 0 Å². The lowest BCUT2D eigenvalue weighted by Crippen LogP contribution is -2.29. The molecule has 6 heteroatoms. The smallest absolute Gasteiger partial charge is 0.240 e. The lowest BCUT2D eigenvalue weighted by Gasteiger charge is -2.18. The third-order valence-corrected chi connectivity index (χ3v) is 6.41. The summed E-state index contributed by atoms with van der Waals surface area (Å²) in [6, 6.07) is 25.7. The number of nitrogens with one attached hydrogen (secondary N) is 2. The van der Waals surface area contributed by atoms with E-state index in [1.54, 1.807) is 0 Å². The second-order valence-electron chi connectivity index (χ2n) is 6.74. The largest absolute Gasteiger partial charge is 0.361 e. The Kier molecular flexibility index (Phi) is 5.17. The molecular weight excluding hydrogens is 382 g/mol. The Morgan fingerprint density at radius 3 is 2.34 bits per heavy atom. The third kappa shape index (κ3) is 3.92. The number of rotatable bonds is 6. The Bertz CT molecular complexity index is 1270. The number of nitriles is 1. The summed E-state index contributed by atoms with van der Waals surface area (Å²) in [6.07, 6.45) is 1.94. The molecule has 0 aliphatic carbocycles. The number of sulfonamides is 1. The highest BCUT2D eigenvalue weighted by Gasteiger charge is 2.22. The van der Waals surface area contributed by atoms with Crippen LogP contribution in [0.1, 0.15) is 22.6 Å². The van der Waals surface area contributed by atoms with Crippen LogP contribution in [-0.2, 0) is 10.0 Å². The number of benzene rings is 3. The van der Waals surface area contributed by atoms with Crippen molar-refractivity contribution in [3.8, 4) is 6.07 Å². The standard InChI is InChI=1S/C23H19N3O2S/c24-14-17-10-12-19(13-11-17)29(27,28)26-16-21(18-6-2-1-3-7-18)22-15-25-23-9-5-4-8-20(22)23/h1-13,15,21,25-26H,16H2/t21-/m0/s1. The van der Waals surface area contributed by atoms with Crippen LogP contribution < -0.4 is 4.72 Å². The predicted molar refractivity (Wildman–Crippen MR) is 113 cm³/mol. The van der Waals surface area contributed by atoms with Crippen molar-refractivity contribution in [1.29, 1.82) is 5.26 Å². The van der Waals surface area contributed by atoms with Gasteiger partial charge < -0.3 is 4.98 Å². The van der Waals surface area contributed by atoms with E-state index < -0.39 is 10.0 Å². The Morgan fingerprint density at radius 1 is 0.931 bits per heavy atom. The van der Waals surface area contributed by atoms with Crippen molar-refractivity contribution in [3.63, 3.8) is 0 Å². The molecule has 0 saturated heterocycles. The molecule has 0 aliphatic rings. The number of para-hydroxylation sites is 1. The zero-order chi connectivity index (χ0) is 20.3. The lowest BCUT2D eigenvalue weighted by atomic mass is 9.91. The minimum Gasteiger partial charge on any atom is -0.361 e. The average molecular weight is 401 g/mol. The van der Waals surface area contributed by atoms with Crippen molar-refractivity contribution in [2.45, 2.75) is 10.8 Å². The van der Waals surface area contributed by atoms with E-state index in [1.165, 1.54) is 24.3 Å². The van der Waals surface area contributed by atoms with Gasteiger partial charge in [-0.2, -0.15) is 5.26 Å². The molecule has 4 aromatic rings. The van der Waals surface area contributed by atoms with E-state index >= 15 is 0 Å². The van der Waals surface area contributed by atoms with E-state index in [0.717, 1.165) is 22.0 Å². The van der Waals surface area contributed by atoms with E-state index in [0.29, 0.717) is 5.56 Å². The minimum atomic E-state index is -3.70. The zero-order valence-electron chi connectivity index (χ0n) is 15.5. The van der Waals surface area contributed by atoms with Crippen LogP contribution in [0.5, 0.6) is 0 Å². The van der Waals surface area contributed by atoms with Gasteiger partial charge in [0.15, 0.2) is 0 Å². The molecule has 0 spiro atoms. The van der Waals surface area contributed by atoms with Crippen LogP contribution in [-0.4, -0.2) is 19.9 Å². The molecule has 0 radical (unpaired) electrons. The van der Waals surface area contributed by atoms with Crippen LogP contribution in [0.4, 0.5) is 0 Å². The summed E-state index contributed by atoms with van der Waals surface area (Å²) in [5.41, 5.74) is 3.50. The monoisotopic (exact) mass is 401 g/mol. The van der Waals surface area contributed by atoms with Gasteiger partial charge in [0, 0.05) is 29.6 Å². The van der Waals surface area contributed by atoms with Crippen molar-refractivity contribution in [2.75, 3.05) is 6.54 Å². The van der Waals surface area contributed by atoms with Crippen LogP contribution >= 0.6 is 0 Å². The first kappa shape index (κ1) is 18.9. The maximum Gasteiger partial charge on any atom is 0.240 e. The molecule has 29 heavy (non-hydrogen) atoms. The number of H-pyrrole nitrogens is 1. The highest BCUT2D eigenvalue weighted by molar-refractivity contribution is 7.89. The quantitative estimate of drug-likeness (QED) is 0.509. The molecule has 5 nitrogen and oxygen atoms in total. The van der Waals surface area contributed by atoms with E-state index in [2.05, 4.69) is 9.71 Å². The lowest BCUT2D eigenvalue weighted by molar-refractivity contribution is 0.577. The summed E-state index contributed by atoms with van der Waals surface area (Å²) in [4.78, 5) is 3.41. The number of hydrogen-bond acceptors (Lipinski definition) is 3. The Hall–Kier alpha value is -3.40. The molecule has 0 aliphatic heterocycles. The van der Waals surface area contributed by atoms with Gasteiger partial charge in [0.1, 0.15) is 0 Å². The highest BCUT2D eigenvalue weighted by Crippen LogP contribution is 2.30. The van der Waals surface area contributed by atoms with Gasteiger partial charge in [-0.15, -0.1) is 0 Å². The SMILES string of the molecule is N#Cc1ccc(S(=O)(=O)NC[C@@H](c2ccccc2)c2c[nH]c3ccccc23)cc1. The van der Waals surface area contributed by atoms with Crippen molar-refractivity contribution in [3.05, 3.63) is 102 Å². The summed E-state index contributed by atoms with van der Waals surface area (Å²) >= 11 is 0. The Balaban J connectivity index is 1.67. The van der Waals surface area contributed by atoms with E-state index in [4.69, 9.17) is 5.26 Å². The zero-order valence-corrected chi connectivity index (χ0v) is 16.4. The summed E-state index contributed by atoms with van der Waals surface area (Å²) in [5, 5.41) is 9.98. The van der Waals surface area contributed by atoms with Crippen LogP contribution in [0.2, 0.25) is 0 Å². The van der Waals surface area contributed by atoms with Crippen LogP contribution in [0.15, 0.2) is 90.0 Å². The van der Waals surface area contributed by atoms with E-state index in [-0.39, 0.29) is 17.4 Å². The number of fused-ring (bicyclic) bond motifs is 1. The Morgan fingerprint density at radius 2 is 1.62 bits per heavy atom. The molecule has 0 bridgehead atoms. The topological polar surface area (TPSA) is 85.8 Å². The molecule has 0 unspecified atom stereocenters.